The molecular formula is C71H103N7O15. The maximum atomic E-state index is 12.9. The lowest BCUT2D eigenvalue weighted by Crippen LogP contribution is -2.39. The molecule has 0 spiro atoms. The third kappa shape index (κ3) is 35.3. The number of esters is 3. The third-order valence-corrected chi connectivity index (χ3v) is 13.2. The molecule has 0 amide bonds. The van der Waals surface area contributed by atoms with Gasteiger partial charge in [-0.1, -0.05) is 116 Å². The fourth-order valence-electron chi connectivity index (χ4n) is 8.68. The van der Waals surface area contributed by atoms with Gasteiger partial charge in [-0.15, -0.1) is 5.06 Å². The van der Waals surface area contributed by atoms with Gasteiger partial charge in [0.2, 0.25) is 0 Å². The van der Waals surface area contributed by atoms with Crippen molar-refractivity contribution in [1.29, 1.82) is 0 Å². The molecule has 1 saturated heterocycles. The molecular weight excluding hydrogens is 1190 g/mol. The molecule has 512 valence electrons. The molecule has 1 fully saturated rings. The molecule has 1 aliphatic rings. The molecule has 5 aromatic carbocycles. The Morgan fingerprint density at radius 1 is 0.505 bits per heavy atom. The third-order valence-electron chi connectivity index (χ3n) is 13.2. The van der Waals surface area contributed by atoms with E-state index in [0.29, 0.717) is 68.7 Å². The van der Waals surface area contributed by atoms with Crippen molar-refractivity contribution in [3.8, 4) is 11.5 Å². The first-order valence-electron chi connectivity index (χ1n) is 31.1. The van der Waals surface area contributed by atoms with E-state index in [0.717, 1.165) is 66.8 Å². The number of Topliss-reactive ketones (excluding diaryl/α,β-unsaturated/α-hetero) is 3. The largest absolute Gasteiger partial charge is 0.497 e. The molecule has 22 heteroatoms. The number of hydroxylamine groups is 3. The minimum atomic E-state index is -0.727. The van der Waals surface area contributed by atoms with Crippen molar-refractivity contribution in [3.63, 3.8) is 0 Å². The molecule has 0 bridgehead atoms. The molecule has 0 aliphatic carbocycles. The predicted molar refractivity (Wildman–Crippen MR) is 359 cm³/mol. The summed E-state index contributed by atoms with van der Waals surface area (Å²) < 4.78 is 26.8. The van der Waals surface area contributed by atoms with E-state index >= 15 is 0 Å². The molecule has 1 heterocycles. The van der Waals surface area contributed by atoms with E-state index < -0.39 is 40.9 Å². The number of aliphatic imine (C=N–C) groups is 1. The Kier molecular flexibility index (Phi) is 38.6. The summed E-state index contributed by atoms with van der Waals surface area (Å²) in [6.45, 7) is 19.4. The van der Waals surface area contributed by atoms with Gasteiger partial charge in [0.05, 0.1) is 33.9 Å². The van der Waals surface area contributed by atoms with Gasteiger partial charge in [-0.3, -0.25) is 44.2 Å². The van der Waals surface area contributed by atoms with Gasteiger partial charge in [0.1, 0.15) is 46.4 Å². The number of ketones is 3. The molecule has 8 N–H and O–H groups in total. The van der Waals surface area contributed by atoms with Gasteiger partial charge in [0.15, 0.2) is 23.6 Å². The van der Waals surface area contributed by atoms with Crippen LogP contribution in [0.3, 0.4) is 0 Å². The second-order valence-electron chi connectivity index (χ2n) is 24.4. The van der Waals surface area contributed by atoms with E-state index in [-0.39, 0.29) is 49.5 Å². The highest BCUT2D eigenvalue weighted by Crippen LogP contribution is 2.41. The standard InChI is InChI=1S/C26H34N2O5.C26H34N2O4.C18H28N2O4.CH4.H3NO2/c1-26(2,3)32-25(30)22(28-24(33-28)20-13-15-21(31-4)16-14-20)12-8-9-17-27-18-23(29)19-10-6-5-7-11-19;1-26(2,3)32-25(30)23(28-18-20-13-15-22(31-4)16-14-20)12-8-9-17-27-19-24(29)21-10-6-5-7-11-21;1-18(2,3)24-17(22)15(20-23)11-7-8-12-19-13-16(21)14-9-5-4-6-10-14;;2-1-3/h5-7,10-11,13-16,22,24,27H,8-9,12,17-18H2,1-4H3;5-7,10-11,13-16,18,23,27H,8-9,12,17,19H2,1-4H3;4-6,9-10,15,19-20,23H,7-8,11-13H2,1-3H3;1H4;1-3H/t22-,24?,28?;23-;15-;;/m000../s1. The summed E-state index contributed by atoms with van der Waals surface area (Å²) in [5, 5.41) is 34.0. The number of nitrogens with one attached hydrogen (secondary N) is 5. The molecule has 22 nitrogen and oxygen atoms in total. The highest BCUT2D eigenvalue weighted by atomic mass is 16.8. The van der Waals surface area contributed by atoms with E-state index in [1.807, 2.05) is 174 Å². The molecule has 6 rings (SSSR count). The molecule has 1 aliphatic heterocycles. The van der Waals surface area contributed by atoms with Crippen LogP contribution >= 0.6 is 0 Å². The Morgan fingerprint density at radius 3 is 1.26 bits per heavy atom. The van der Waals surface area contributed by atoms with Gasteiger partial charge in [-0.25, -0.2) is 4.79 Å². The Hall–Kier alpha value is -7.61. The number of methoxy groups -OCH3 is 2. The van der Waals surface area contributed by atoms with Crippen LogP contribution in [0.5, 0.6) is 11.5 Å². The number of ether oxygens (including phenoxy) is 5. The van der Waals surface area contributed by atoms with Crippen LogP contribution in [-0.2, 0) is 33.4 Å². The summed E-state index contributed by atoms with van der Waals surface area (Å²) in [5.74, 6) is 0.664. The summed E-state index contributed by atoms with van der Waals surface area (Å²) in [6.07, 6.45) is 7.86. The van der Waals surface area contributed by atoms with E-state index in [1.165, 1.54) is 0 Å². The zero-order valence-electron chi connectivity index (χ0n) is 55.4. The number of hydrogen-bond acceptors (Lipinski definition) is 22. The van der Waals surface area contributed by atoms with Crippen LogP contribution in [0.25, 0.3) is 0 Å². The Bertz CT molecular complexity index is 2940. The minimum absolute atomic E-state index is 0. The highest BCUT2D eigenvalue weighted by molar-refractivity contribution is 5.98. The van der Waals surface area contributed by atoms with Crippen molar-refractivity contribution in [2.45, 2.75) is 169 Å². The van der Waals surface area contributed by atoms with Crippen molar-refractivity contribution in [2.24, 2.45) is 4.99 Å². The van der Waals surface area contributed by atoms with E-state index in [1.54, 1.807) is 58.4 Å². The molecule has 0 aromatic heterocycles. The number of hydrogen-bond donors (Lipinski definition) is 8. The number of carbonyl (C=O) groups is 6. The smallest absolute Gasteiger partial charge is 0.331 e. The van der Waals surface area contributed by atoms with Crippen LogP contribution in [0.2, 0.25) is 0 Å². The molecule has 2 unspecified atom stereocenters. The SMILES string of the molecule is C.CC(C)(C)OC(=O)[C@H](CCCCNCC(=O)c1ccccc1)NO.COc1ccc(C2ON2[C@@H](CCCCNCC(=O)c2ccccc2)C(=O)OC(C)(C)C)cc1.COc1ccc(C=N[C@@H](CCCCNCC(=O)c2ccccc2)C(=O)OC(C)(C)C)cc1.ONO. The minimum Gasteiger partial charge on any atom is -0.497 e. The molecule has 0 radical (unpaired) electrons. The maximum Gasteiger partial charge on any atom is 0.331 e. The Morgan fingerprint density at radius 2 is 0.871 bits per heavy atom. The number of unbranched alkanes of at least 4 members (excludes halogenated alkanes) is 3. The molecule has 5 atom stereocenters. The first-order valence-corrected chi connectivity index (χ1v) is 31.1. The maximum absolute atomic E-state index is 12.9. The summed E-state index contributed by atoms with van der Waals surface area (Å²) >= 11 is 0. The normalized spacial score (nSPS) is 14.3. The average molecular weight is 1290 g/mol. The highest BCUT2D eigenvalue weighted by Gasteiger charge is 2.47. The van der Waals surface area contributed by atoms with Gasteiger partial charge in [-0.2, -0.15) is 5.48 Å². The fraction of sp³-hybridized carbons (Fsp3) is 0.479. The Balaban J connectivity index is 0.000000468. The first-order chi connectivity index (χ1) is 43.8. The lowest BCUT2D eigenvalue weighted by atomic mass is 10.1. The van der Waals surface area contributed by atoms with Crippen LogP contribution in [0.15, 0.2) is 145 Å². The quantitative estimate of drug-likeness (QED) is 0.00361. The van der Waals surface area contributed by atoms with Gasteiger partial charge in [0.25, 0.3) is 0 Å². The van der Waals surface area contributed by atoms with Crippen LogP contribution in [0.1, 0.15) is 176 Å². The average Bonchev–Trinajstić information content (AvgIpc) is 1.74. The van der Waals surface area contributed by atoms with Crippen molar-refractivity contribution in [1.82, 2.24) is 32.1 Å². The number of benzene rings is 5. The molecule has 0 saturated carbocycles. The number of carbonyl (C=O) groups excluding carboxylic acids is 6. The summed E-state index contributed by atoms with van der Waals surface area (Å²) in [7, 11) is 3.24. The number of rotatable bonds is 34. The van der Waals surface area contributed by atoms with Gasteiger partial charge in [-0.05, 0) is 187 Å². The first kappa shape index (κ1) is 81.5. The van der Waals surface area contributed by atoms with Gasteiger partial charge in [0, 0.05) is 22.9 Å². The zero-order valence-corrected chi connectivity index (χ0v) is 55.4. The van der Waals surface area contributed by atoms with Crippen molar-refractivity contribution >= 4 is 41.5 Å². The van der Waals surface area contributed by atoms with Crippen LogP contribution in [0, 0.1) is 0 Å². The number of nitrogens with zero attached hydrogens (tertiary/aromatic N) is 2. The van der Waals surface area contributed by atoms with Crippen molar-refractivity contribution in [3.05, 3.63) is 167 Å². The summed E-state index contributed by atoms with van der Waals surface area (Å²) in [5.41, 5.74) is 5.00. The lowest BCUT2D eigenvalue weighted by Gasteiger charge is -2.23. The molecule has 5 aromatic rings. The van der Waals surface area contributed by atoms with Crippen LogP contribution in [0.4, 0.5) is 0 Å². The van der Waals surface area contributed by atoms with Gasteiger partial charge >= 0.3 is 17.9 Å². The van der Waals surface area contributed by atoms with E-state index in [2.05, 4.69) is 20.9 Å². The van der Waals surface area contributed by atoms with Gasteiger partial charge < -0.3 is 44.8 Å². The van der Waals surface area contributed by atoms with Crippen molar-refractivity contribution < 1.29 is 72.9 Å². The predicted octanol–water partition coefficient (Wildman–Crippen LogP) is 11.1. The Labute approximate surface area is 550 Å². The monoisotopic (exact) mass is 1290 g/mol. The lowest BCUT2D eigenvalue weighted by molar-refractivity contribution is -0.162. The second-order valence-corrected chi connectivity index (χ2v) is 24.4. The van der Waals surface area contributed by atoms with E-state index in [4.69, 9.17) is 44.1 Å². The summed E-state index contributed by atoms with van der Waals surface area (Å²) in [4.78, 5) is 83.8. The summed E-state index contributed by atoms with van der Waals surface area (Å²) in [6, 6.07) is 41.0. The second kappa shape index (κ2) is 44.1. The van der Waals surface area contributed by atoms with E-state index in [9.17, 15) is 28.8 Å². The molecule has 93 heavy (non-hydrogen) atoms. The fourth-order valence-corrected chi connectivity index (χ4v) is 8.68. The van der Waals surface area contributed by atoms with Crippen LogP contribution in [-0.4, -0.2) is 151 Å². The zero-order chi connectivity index (χ0) is 68.0. The topological polar surface area (TPSA) is 297 Å². The van der Waals surface area contributed by atoms with Crippen molar-refractivity contribution in [2.75, 3.05) is 53.5 Å². The van der Waals surface area contributed by atoms with Crippen LogP contribution < -0.4 is 36.5 Å².